The SMILES string of the molecule is CC(C)(c1ccc(OCO)cc1)c1ccc(OCO)cc1. The van der Waals surface area contributed by atoms with Crippen molar-refractivity contribution in [3.8, 4) is 11.5 Å². The lowest BCUT2D eigenvalue weighted by Gasteiger charge is -2.26. The lowest BCUT2D eigenvalue weighted by Crippen LogP contribution is -2.18. The van der Waals surface area contributed by atoms with E-state index < -0.39 is 0 Å². The first-order valence-electron chi connectivity index (χ1n) is 6.76. The van der Waals surface area contributed by atoms with Gasteiger partial charge in [0.15, 0.2) is 13.6 Å². The number of ether oxygens (including phenoxy) is 2. The van der Waals surface area contributed by atoms with E-state index in [1.807, 2.05) is 48.5 Å². The molecule has 0 unspecified atom stereocenters. The Morgan fingerprint density at radius 1 is 0.714 bits per heavy atom. The molecule has 0 amide bonds. The van der Waals surface area contributed by atoms with Crippen molar-refractivity contribution in [2.45, 2.75) is 19.3 Å². The summed E-state index contributed by atoms with van der Waals surface area (Å²) in [7, 11) is 0. The van der Waals surface area contributed by atoms with Crippen LogP contribution in [0.25, 0.3) is 0 Å². The van der Waals surface area contributed by atoms with Crippen molar-refractivity contribution >= 4 is 0 Å². The lowest BCUT2D eigenvalue weighted by atomic mass is 9.78. The molecule has 0 heterocycles. The molecule has 21 heavy (non-hydrogen) atoms. The standard InChI is InChI=1S/C17H20O4/c1-17(2,13-3-7-15(8-4-13)20-11-18)14-5-9-16(10-6-14)21-12-19/h3-10,18-19H,11-12H2,1-2H3. The van der Waals surface area contributed by atoms with Crippen molar-refractivity contribution in [1.82, 2.24) is 0 Å². The predicted molar refractivity (Wildman–Crippen MR) is 80.4 cm³/mol. The molecule has 4 heteroatoms. The highest BCUT2D eigenvalue weighted by atomic mass is 16.6. The maximum Gasteiger partial charge on any atom is 0.186 e. The Morgan fingerprint density at radius 2 is 1.05 bits per heavy atom. The van der Waals surface area contributed by atoms with E-state index in [0.717, 1.165) is 11.1 Å². The Morgan fingerprint density at radius 3 is 1.33 bits per heavy atom. The zero-order valence-corrected chi connectivity index (χ0v) is 12.2. The maximum absolute atomic E-state index is 8.74. The third kappa shape index (κ3) is 3.54. The summed E-state index contributed by atoms with van der Waals surface area (Å²) in [4.78, 5) is 0. The molecule has 0 radical (unpaired) electrons. The molecule has 0 atom stereocenters. The quantitative estimate of drug-likeness (QED) is 0.802. The summed E-state index contributed by atoms with van der Waals surface area (Å²) < 4.78 is 10.1. The smallest absolute Gasteiger partial charge is 0.186 e. The van der Waals surface area contributed by atoms with Crippen molar-refractivity contribution in [2.24, 2.45) is 0 Å². The van der Waals surface area contributed by atoms with Gasteiger partial charge in [-0.15, -0.1) is 0 Å². The molecule has 0 aliphatic carbocycles. The Kier molecular flexibility index (Phi) is 4.83. The topological polar surface area (TPSA) is 58.9 Å². The van der Waals surface area contributed by atoms with Crippen molar-refractivity contribution in [3.63, 3.8) is 0 Å². The highest BCUT2D eigenvalue weighted by molar-refractivity contribution is 5.41. The molecule has 0 saturated carbocycles. The van der Waals surface area contributed by atoms with Gasteiger partial charge in [0, 0.05) is 5.41 Å². The fraction of sp³-hybridized carbons (Fsp3) is 0.294. The fourth-order valence-corrected chi connectivity index (χ4v) is 2.25. The van der Waals surface area contributed by atoms with Crippen LogP contribution >= 0.6 is 0 Å². The maximum atomic E-state index is 8.74. The summed E-state index contributed by atoms with van der Waals surface area (Å²) in [5.41, 5.74) is 2.11. The number of rotatable bonds is 6. The molecule has 0 bridgehead atoms. The molecule has 0 aliphatic heterocycles. The molecular formula is C17H20O4. The van der Waals surface area contributed by atoms with Crippen molar-refractivity contribution in [3.05, 3.63) is 59.7 Å². The fourth-order valence-electron chi connectivity index (χ4n) is 2.25. The van der Waals surface area contributed by atoms with Gasteiger partial charge in [0.25, 0.3) is 0 Å². The average molecular weight is 288 g/mol. The van der Waals surface area contributed by atoms with Gasteiger partial charge in [-0.3, -0.25) is 0 Å². The van der Waals surface area contributed by atoms with Crippen LogP contribution in [0.1, 0.15) is 25.0 Å². The predicted octanol–water partition coefficient (Wildman–Crippen LogP) is 2.67. The normalized spacial score (nSPS) is 11.2. The van der Waals surface area contributed by atoms with Crippen molar-refractivity contribution in [1.29, 1.82) is 0 Å². The largest absolute Gasteiger partial charge is 0.468 e. The molecule has 2 aromatic rings. The molecule has 112 valence electrons. The van der Waals surface area contributed by atoms with Crippen molar-refractivity contribution in [2.75, 3.05) is 13.6 Å². The molecule has 2 N–H and O–H groups in total. The van der Waals surface area contributed by atoms with E-state index in [4.69, 9.17) is 19.7 Å². The van der Waals surface area contributed by atoms with Crippen LogP contribution in [-0.4, -0.2) is 23.8 Å². The Bertz CT molecular complexity index is 507. The molecule has 0 fully saturated rings. The van der Waals surface area contributed by atoms with Gasteiger partial charge in [-0.1, -0.05) is 38.1 Å². The van der Waals surface area contributed by atoms with Crippen LogP contribution in [0, 0.1) is 0 Å². The van der Waals surface area contributed by atoms with Crippen LogP contribution in [0.15, 0.2) is 48.5 Å². The summed E-state index contributed by atoms with van der Waals surface area (Å²) in [6.45, 7) is 3.62. The summed E-state index contributed by atoms with van der Waals surface area (Å²) in [5, 5.41) is 17.5. The van der Waals surface area contributed by atoms with Gasteiger partial charge in [-0.2, -0.15) is 0 Å². The van der Waals surface area contributed by atoms with Gasteiger partial charge in [0.05, 0.1) is 0 Å². The van der Waals surface area contributed by atoms with Crippen LogP contribution in [0.2, 0.25) is 0 Å². The average Bonchev–Trinajstić information content (AvgIpc) is 2.49. The van der Waals surface area contributed by atoms with E-state index in [1.165, 1.54) is 0 Å². The number of aliphatic hydroxyl groups is 2. The van der Waals surface area contributed by atoms with Crippen LogP contribution < -0.4 is 9.47 Å². The monoisotopic (exact) mass is 288 g/mol. The lowest BCUT2D eigenvalue weighted by molar-refractivity contribution is 0.0981. The molecule has 0 spiro atoms. The van der Waals surface area contributed by atoms with Gasteiger partial charge in [-0.25, -0.2) is 0 Å². The Hall–Kier alpha value is -2.04. The molecule has 4 nitrogen and oxygen atoms in total. The van der Waals surface area contributed by atoms with Crippen LogP contribution in [0.4, 0.5) is 0 Å². The zero-order valence-electron chi connectivity index (χ0n) is 12.2. The summed E-state index contributed by atoms with van der Waals surface area (Å²) in [5.74, 6) is 1.28. The number of hydrogen-bond acceptors (Lipinski definition) is 4. The molecule has 2 rings (SSSR count). The van der Waals surface area contributed by atoms with E-state index in [1.54, 1.807) is 0 Å². The Balaban J connectivity index is 2.23. The first-order chi connectivity index (χ1) is 10.1. The minimum absolute atomic E-state index is 0.171. The van der Waals surface area contributed by atoms with Gasteiger partial charge < -0.3 is 19.7 Å². The summed E-state index contributed by atoms with van der Waals surface area (Å²) in [6, 6.07) is 15.3. The van der Waals surface area contributed by atoms with Gasteiger partial charge >= 0.3 is 0 Å². The summed E-state index contributed by atoms with van der Waals surface area (Å²) >= 11 is 0. The Labute approximate surface area is 124 Å². The second-order valence-electron chi connectivity index (χ2n) is 5.22. The van der Waals surface area contributed by atoms with E-state index in [2.05, 4.69) is 13.8 Å². The van der Waals surface area contributed by atoms with Crippen LogP contribution in [0.5, 0.6) is 11.5 Å². The molecule has 2 aromatic carbocycles. The van der Waals surface area contributed by atoms with E-state index in [0.29, 0.717) is 11.5 Å². The first kappa shape index (κ1) is 15.4. The van der Waals surface area contributed by atoms with Gasteiger partial charge in [0.2, 0.25) is 0 Å². The van der Waals surface area contributed by atoms with Gasteiger partial charge in [-0.05, 0) is 35.4 Å². The summed E-state index contributed by atoms with van der Waals surface area (Å²) in [6.07, 6.45) is 0. The minimum atomic E-state index is -0.324. The molecular weight excluding hydrogens is 268 g/mol. The first-order valence-corrected chi connectivity index (χ1v) is 6.76. The van der Waals surface area contributed by atoms with E-state index in [9.17, 15) is 0 Å². The minimum Gasteiger partial charge on any atom is -0.468 e. The number of aliphatic hydroxyl groups excluding tert-OH is 2. The number of hydrogen-bond donors (Lipinski definition) is 2. The zero-order chi connectivity index (χ0) is 15.3. The van der Waals surface area contributed by atoms with E-state index >= 15 is 0 Å². The van der Waals surface area contributed by atoms with E-state index in [-0.39, 0.29) is 19.0 Å². The van der Waals surface area contributed by atoms with Crippen LogP contribution in [-0.2, 0) is 5.41 Å². The highest BCUT2D eigenvalue weighted by Crippen LogP contribution is 2.33. The third-order valence-corrected chi connectivity index (χ3v) is 3.61. The van der Waals surface area contributed by atoms with Gasteiger partial charge in [0.1, 0.15) is 11.5 Å². The van der Waals surface area contributed by atoms with Crippen molar-refractivity contribution < 1.29 is 19.7 Å². The third-order valence-electron chi connectivity index (χ3n) is 3.61. The second-order valence-corrected chi connectivity index (χ2v) is 5.22. The molecule has 0 aliphatic rings. The second kappa shape index (κ2) is 6.61. The highest BCUT2D eigenvalue weighted by Gasteiger charge is 2.23. The van der Waals surface area contributed by atoms with Crippen LogP contribution in [0.3, 0.4) is 0 Å². The molecule has 0 saturated heterocycles. The molecule has 0 aromatic heterocycles. The number of benzene rings is 2.